The molecule has 186 valence electrons. The highest BCUT2D eigenvalue weighted by Gasteiger charge is 2.54. The van der Waals surface area contributed by atoms with Crippen LogP contribution < -0.4 is 16.0 Å². The number of aliphatic carboxylic acids is 1. The Balaban J connectivity index is 1.37. The molecule has 2 aromatic rings. The Morgan fingerprint density at radius 3 is 2.74 bits per heavy atom. The molecule has 11 nitrogen and oxygen atoms in total. The number of carbonyl (C=O) groups excluding carboxylic acids is 3. The van der Waals surface area contributed by atoms with Gasteiger partial charge in [-0.1, -0.05) is 17.7 Å². The van der Waals surface area contributed by atoms with E-state index in [2.05, 4.69) is 20.9 Å². The van der Waals surface area contributed by atoms with Crippen LogP contribution in [-0.4, -0.2) is 68.2 Å². The van der Waals surface area contributed by atoms with Crippen molar-refractivity contribution in [1.29, 1.82) is 0 Å². The predicted octanol–water partition coefficient (Wildman–Crippen LogP) is 2.86. The van der Waals surface area contributed by atoms with Crippen molar-refractivity contribution < 1.29 is 29.0 Å². The molecule has 0 aliphatic carbocycles. The van der Waals surface area contributed by atoms with Gasteiger partial charge in [0.05, 0.1) is 11.6 Å². The maximum absolute atomic E-state index is 12.5. The Hall–Kier alpha value is -3.38. The fourth-order valence-corrected chi connectivity index (χ4v) is 5.32. The summed E-state index contributed by atoms with van der Waals surface area (Å²) in [5.41, 5.74) is 0.499. The van der Waals surface area contributed by atoms with Crippen molar-refractivity contribution >= 4 is 69.6 Å². The molecule has 3 heterocycles. The molecule has 1 saturated heterocycles. The normalized spacial score (nSPS) is 19.7. The monoisotopic (exact) mass is 521 g/mol. The summed E-state index contributed by atoms with van der Waals surface area (Å²) < 4.78 is 5.26. The standard InChI is InChI=1S/C22H24ClN5O6S/c1-22(2,3)34-21(33)26-14-7-10-12(5-4-6-13(10)25-14)24-8-15(29)27-16-18(30)28-17(20(31)32)11(23)9-35-19(16)28/h4-7,16,19,24-25H,8-9H2,1-3H3,(H,26,33)(H,27,29)(H,31,32)/t16?,19-/m0/s1. The number of amides is 3. The zero-order chi connectivity index (χ0) is 25.5. The van der Waals surface area contributed by atoms with E-state index in [1.54, 1.807) is 39.0 Å². The number of nitrogens with one attached hydrogen (secondary N) is 4. The molecule has 0 bridgehead atoms. The largest absolute Gasteiger partial charge is 0.477 e. The van der Waals surface area contributed by atoms with Gasteiger partial charge in [0.1, 0.15) is 28.5 Å². The summed E-state index contributed by atoms with van der Waals surface area (Å²) in [5.74, 6) is -1.54. The zero-order valence-electron chi connectivity index (χ0n) is 19.1. The van der Waals surface area contributed by atoms with Crippen LogP contribution in [-0.2, 0) is 19.1 Å². The zero-order valence-corrected chi connectivity index (χ0v) is 20.7. The third-order valence-corrected chi connectivity index (χ3v) is 6.93. The van der Waals surface area contributed by atoms with Gasteiger partial charge in [-0.3, -0.25) is 19.8 Å². The van der Waals surface area contributed by atoms with E-state index in [4.69, 9.17) is 16.3 Å². The number of aromatic amines is 1. The third-order valence-electron chi connectivity index (χ3n) is 5.18. The van der Waals surface area contributed by atoms with Crippen molar-refractivity contribution in [1.82, 2.24) is 15.2 Å². The number of carboxylic acid groups (broad SMARTS) is 1. The van der Waals surface area contributed by atoms with Gasteiger partial charge >= 0.3 is 12.1 Å². The number of anilines is 2. The van der Waals surface area contributed by atoms with E-state index in [-0.39, 0.29) is 23.0 Å². The van der Waals surface area contributed by atoms with E-state index >= 15 is 0 Å². The lowest BCUT2D eigenvalue weighted by molar-refractivity contribution is -0.150. The van der Waals surface area contributed by atoms with Crippen LogP contribution in [0.2, 0.25) is 0 Å². The van der Waals surface area contributed by atoms with Crippen molar-refractivity contribution in [3.63, 3.8) is 0 Å². The van der Waals surface area contributed by atoms with Gasteiger partial charge in [0.15, 0.2) is 0 Å². The minimum atomic E-state index is -1.28. The first kappa shape index (κ1) is 24.7. The molecule has 13 heteroatoms. The molecule has 4 rings (SSSR count). The van der Waals surface area contributed by atoms with Crippen LogP contribution >= 0.6 is 23.4 Å². The molecule has 2 atom stereocenters. The molecule has 1 aromatic heterocycles. The summed E-state index contributed by atoms with van der Waals surface area (Å²) in [7, 11) is 0. The first-order valence-electron chi connectivity index (χ1n) is 10.7. The second-order valence-electron chi connectivity index (χ2n) is 8.94. The SMILES string of the molecule is CC(C)(C)OC(=O)Nc1cc2c(NCC(=O)NC3C(=O)N4C(C(=O)O)=C(Cl)CS[C@@H]34)cccc2[nH]1. The smallest absolute Gasteiger partial charge is 0.413 e. The number of hydrogen-bond acceptors (Lipinski definition) is 7. The number of rotatable bonds is 6. The lowest BCUT2D eigenvalue weighted by Gasteiger charge is -2.48. The number of benzene rings is 1. The van der Waals surface area contributed by atoms with Crippen LogP contribution in [0, 0.1) is 0 Å². The number of H-pyrrole nitrogens is 1. The number of thioether (sulfide) groups is 1. The van der Waals surface area contributed by atoms with Crippen molar-refractivity contribution in [3.8, 4) is 0 Å². The predicted molar refractivity (Wildman–Crippen MR) is 132 cm³/mol. The quantitative estimate of drug-likeness (QED) is 0.364. The minimum absolute atomic E-state index is 0.0960. The van der Waals surface area contributed by atoms with Gasteiger partial charge in [-0.15, -0.1) is 11.8 Å². The molecule has 1 unspecified atom stereocenters. The number of halogens is 1. The number of aromatic nitrogens is 1. The fraction of sp³-hybridized carbons (Fsp3) is 0.364. The van der Waals surface area contributed by atoms with Crippen LogP contribution in [0.1, 0.15) is 20.8 Å². The van der Waals surface area contributed by atoms with Gasteiger partial charge in [0, 0.05) is 22.3 Å². The summed E-state index contributed by atoms with van der Waals surface area (Å²) >= 11 is 7.26. The number of fused-ring (bicyclic) bond motifs is 2. The lowest BCUT2D eigenvalue weighted by atomic mass is 10.1. The Kier molecular flexibility index (Phi) is 6.60. The topological polar surface area (TPSA) is 153 Å². The maximum Gasteiger partial charge on any atom is 0.413 e. The molecule has 0 spiro atoms. The Bertz CT molecular complexity index is 1250. The molecule has 0 radical (unpaired) electrons. The van der Waals surface area contributed by atoms with E-state index in [9.17, 15) is 24.3 Å². The molecule has 35 heavy (non-hydrogen) atoms. The van der Waals surface area contributed by atoms with E-state index < -0.39 is 40.9 Å². The summed E-state index contributed by atoms with van der Waals surface area (Å²) in [6.07, 6.45) is -0.597. The Morgan fingerprint density at radius 2 is 2.06 bits per heavy atom. The Morgan fingerprint density at radius 1 is 1.31 bits per heavy atom. The summed E-state index contributed by atoms with van der Waals surface area (Å²) in [4.78, 5) is 52.7. The average molecular weight is 522 g/mol. The molecule has 0 saturated carbocycles. The second kappa shape index (κ2) is 9.34. The number of β-lactam (4-membered cyclic amide) rings is 1. The van der Waals surface area contributed by atoms with Gasteiger partial charge in [0.2, 0.25) is 5.91 Å². The molecule has 1 fully saturated rings. The van der Waals surface area contributed by atoms with Crippen LogP contribution in [0.15, 0.2) is 35.0 Å². The van der Waals surface area contributed by atoms with E-state index in [0.717, 1.165) is 15.8 Å². The molecule has 1 aromatic carbocycles. The molecule has 2 aliphatic rings. The summed E-state index contributed by atoms with van der Waals surface area (Å²) in [6.45, 7) is 5.18. The van der Waals surface area contributed by atoms with Crippen LogP contribution in [0.4, 0.5) is 16.3 Å². The number of carbonyl (C=O) groups is 4. The van der Waals surface area contributed by atoms with Gasteiger partial charge < -0.3 is 25.5 Å². The van der Waals surface area contributed by atoms with Crippen molar-refractivity contribution in [2.45, 2.75) is 37.8 Å². The van der Waals surface area contributed by atoms with Gasteiger partial charge in [-0.05, 0) is 39.0 Å². The second-order valence-corrected chi connectivity index (χ2v) is 10.5. The third kappa shape index (κ3) is 5.17. The minimum Gasteiger partial charge on any atom is -0.477 e. The molecule has 3 amide bonds. The van der Waals surface area contributed by atoms with Gasteiger partial charge in [0.25, 0.3) is 5.91 Å². The summed E-state index contributed by atoms with van der Waals surface area (Å²) in [5, 5.41) is 18.0. The molecular weight excluding hydrogens is 498 g/mol. The average Bonchev–Trinajstić information content (AvgIpc) is 3.16. The van der Waals surface area contributed by atoms with Gasteiger partial charge in [-0.2, -0.15) is 0 Å². The van der Waals surface area contributed by atoms with Gasteiger partial charge in [-0.25, -0.2) is 9.59 Å². The van der Waals surface area contributed by atoms with Crippen LogP contribution in [0.3, 0.4) is 0 Å². The number of nitrogens with zero attached hydrogens (tertiary/aromatic N) is 1. The van der Waals surface area contributed by atoms with Crippen LogP contribution in [0.5, 0.6) is 0 Å². The number of ether oxygens (including phenoxy) is 1. The molecule has 5 N–H and O–H groups in total. The van der Waals surface area contributed by atoms with E-state index in [1.165, 1.54) is 11.8 Å². The number of hydrogen-bond donors (Lipinski definition) is 5. The molecular formula is C22H24ClN5O6S. The highest BCUT2D eigenvalue weighted by molar-refractivity contribution is 8.00. The van der Waals surface area contributed by atoms with Crippen molar-refractivity contribution in [2.75, 3.05) is 22.9 Å². The first-order chi connectivity index (χ1) is 16.4. The number of carboxylic acids is 1. The lowest BCUT2D eigenvalue weighted by Crippen LogP contribution is -2.70. The first-order valence-corrected chi connectivity index (χ1v) is 12.1. The maximum atomic E-state index is 12.5. The van der Waals surface area contributed by atoms with Crippen LogP contribution in [0.25, 0.3) is 10.9 Å². The van der Waals surface area contributed by atoms with E-state index in [0.29, 0.717) is 11.5 Å². The van der Waals surface area contributed by atoms with Crippen molar-refractivity contribution in [3.05, 3.63) is 35.0 Å². The fourth-order valence-electron chi connectivity index (χ4n) is 3.77. The highest BCUT2D eigenvalue weighted by atomic mass is 35.5. The highest BCUT2D eigenvalue weighted by Crippen LogP contribution is 2.41. The summed E-state index contributed by atoms with van der Waals surface area (Å²) in [6, 6.07) is 6.27. The van der Waals surface area contributed by atoms with E-state index in [1.807, 2.05) is 6.07 Å². The molecule has 2 aliphatic heterocycles. The van der Waals surface area contributed by atoms with Crippen molar-refractivity contribution in [2.24, 2.45) is 0 Å². The Labute approximate surface area is 209 Å².